The topological polar surface area (TPSA) is 72.2 Å². The SMILES string of the molecule is CC(CN)S(=O)(=O)Nc1ccc(Br)cc1. The first-order valence-corrected chi connectivity index (χ1v) is 6.77. The molecule has 3 N–H and O–H groups in total. The lowest BCUT2D eigenvalue weighted by Crippen LogP contribution is -2.31. The molecule has 1 unspecified atom stereocenters. The van der Waals surface area contributed by atoms with Gasteiger partial charge in [-0.15, -0.1) is 0 Å². The van der Waals surface area contributed by atoms with Crippen LogP contribution in [-0.4, -0.2) is 20.2 Å². The molecule has 0 heterocycles. The monoisotopic (exact) mass is 292 g/mol. The van der Waals surface area contributed by atoms with Gasteiger partial charge in [0.1, 0.15) is 0 Å². The van der Waals surface area contributed by atoms with E-state index in [9.17, 15) is 8.42 Å². The molecule has 1 rings (SSSR count). The highest BCUT2D eigenvalue weighted by molar-refractivity contribution is 9.10. The number of benzene rings is 1. The number of nitrogens with two attached hydrogens (primary N) is 1. The van der Waals surface area contributed by atoms with Gasteiger partial charge in [0.2, 0.25) is 10.0 Å². The van der Waals surface area contributed by atoms with Crippen LogP contribution in [0.3, 0.4) is 0 Å². The van der Waals surface area contributed by atoms with Crippen LogP contribution in [0.5, 0.6) is 0 Å². The van der Waals surface area contributed by atoms with Crippen molar-refractivity contribution >= 4 is 31.6 Å². The van der Waals surface area contributed by atoms with Crippen molar-refractivity contribution in [2.45, 2.75) is 12.2 Å². The van der Waals surface area contributed by atoms with E-state index in [2.05, 4.69) is 20.7 Å². The molecule has 0 radical (unpaired) electrons. The number of hydrogen-bond donors (Lipinski definition) is 2. The Morgan fingerprint density at radius 2 is 1.93 bits per heavy atom. The Labute approximate surface area is 98.0 Å². The molecule has 1 atom stereocenters. The summed E-state index contributed by atoms with van der Waals surface area (Å²) in [5, 5.41) is -0.596. The van der Waals surface area contributed by atoms with Crippen LogP contribution in [0, 0.1) is 0 Å². The Morgan fingerprint density at radius 3 is 2.40 bits per heavy atom. The zero-order chi connectivity index (χ0) is 11.5. The summed E-state index contributed by atoms with van der Waals surface area (Å²) >= 11 is 3.27. The van der Waals surface area contributed by atoms with Crippen LogP contribution in [-0.2, 0) is 10.0 Å². The van der Waals surface area contributed by atoms with E-state index in [4.69, 9.17) is 5.73 Å². The summed E-state index contributed by atoms with van der Waals surface area (Å²) in [4.78, 5) is 0. The standard InChI is InChI=1S/C9H13BrN2O2S/c1-7(6-11)15(13,14)12-9-4-2-8(10)3-5-9/h2-5,7,12H,6,11H2,1H3. The van der Waals surface area contributed by atoms with Crippen molar-refractivity contribution in [2.75, 3.05) is 11.3 Å². The highest BCUT2D eigenvalue weighted by Gasteiger charge is 2.18. The van der Waals surface area contributed by atoms with E-state index in [-0.39, 0.29) is 6.54 Å². The molecular formula is C9H13BrN2O2S. The van der Waals surface area contributed by atoms with E-state index in [1.165, 1.54) is 0 Å². The zero-order valence-corrected chi connectivity index (χ0v) is 10.7. The molecule has 0 saturated carbocycles. The largest absolute Gasteiger partial charge is 0.329 e. The quantitative estimate of drug-likeness (QED) is 0.884. The third-order valence-corrected chi connectivity index (χ3v) is 4.27. The molecule has 0 aliphatic rings. The lowest BCUT2D eigenvalue weighted by atomic mass is 10.3. The highest BCUT2D eigenvalue weighted by atomic mass is 79.9. The highest BCUT2D eigenvalue weighted by Crippen LogP contribution is 2.16. The van der Waals surface area contributed by atoms with Crippen molar-refractivity contribution in [2.24, 2.45) is 5.73 Å². The lowest BCUT2D eigenvalue weighted by molar-refractivity contribution is 0.589. The van der Waals surface area contributed by atoms with Gasteiger partial charge < -0.3 is 5.73 Å². The van der Waals surface area contributed by atoms with Gasteiger partial charge in [-0.2, -0.15) is 0 Å². The first-order chi connectivity index (χ1) is 6.95. The maximum Gasteiger partial charge on any atom is 0.236 e. The van der Waals surface area contributed by atoms with E-state index < -0.39 is 15.3 Å². The van der Waals surface area contributed by atoms with Gasteiger partial charge in [0.05, 0.1) is 5.25 Å². The average Bonchev–Trinajstić information content (AvgIpc) is 2.20. The molecule has 0 aliphatic heterocycles. The van der Waals surface area contributed by atoms with Gasteiger partial charge in [-0.05, 0) is 31.2 Å². The van der Waals surface area contributed by atoms with Crippen LogP contribution < -0.4 is 10.5 Å². The second-order valence-corrected chi connectivity index (χ2v) is 6.21. The smallest absolute Gasteiger partial charge is 0.236 e. The molecule has 1 aromatic carbocycles. The van der Waals surface area contributed by atoms with Gasteiger partial charge in [-0.25, -0.2) is 8.42 Å². The molecule has 0 spiro atoms. The van der Waals surface area contributed by atoms with E-state index >= 15 is 0 Å². The summed E-state index contributed by atoms with van der Waals surface area (Å²) < 4.78 is 26.6. The Kier molecular flexibility index (Phi) is 4.12. The number of sulfonamides is 1. The average molecular weight is 293 g/mol. The summed E-state index contributed by atoms with van der Waals surface area (Å²) in [5.74, 6) is 0. The van der Waals surface area contributed by atoms with E-state index in [1.54, 1.807) is 31.2 Å². The van der Waals surface area contributed by atoms with Crippen molar-refractivity contribution < 1.29 is 8.42 Å². The minimum Gasteiger partial charge on any atom is -0.329 e. The van der Waals surface area contributed by atoms with Crippen LogP contribution in [0.1, 0.15) is 6.92 Å². The van der Waals surface area contributed by atoms with Crippen molar-refractivity contribution in [1.29, 1.82) is 0 Å². The molecule has 6 heteroatoms. The molecule has 15 heavy (non-hydrogen) atoms. The minimum absolute atomic E-state index is 0.103. The van der Waals surface area contributed by atoms with Crippen LogP contribution >= 0.6 is 15.9 Å². The van der Waals surface area contributed by atoms with E-state index in [0.717, 1.165) is 4.47 Å². The Balaban J connectivity index is 2.82. The van der Waals surface area contributed by atoms with Gasteiger partial charge in [-0.3, -0.25) is 4.72 Å². The molecule has 1 aromatic rings. The maximum absolute atomic E-state index is 11.6. The second kappa shape index (κ2) is 4.96. The van der Waals surface area contributed by atoms with Crippen molar-refractivity contribution in [3.05, 3.63) is 28.7 Å². The predicted molar refractivity (Wildman–Crippen MR) is 65.2 cm³/mol. The summed E-state index contributed by atoms with van der Waals surface area (Å²) in [6.07, 6.45) is 0. The van der Waals surface area contributed by atoms with E-state index in [0.29, 0.717) is 5.69 Å². The summed E-state index contributed by atoms with van der Waals surface area (Å²) in [5.41, 5.74) is 5.85. The molecule has 4 nitrogen and oxygen atoms in total. The molecular weight excluding hydrogens is 280 g/mol. The lowest BCUT2D eigenvalue weighted by Gasteiger charge is -2.12. The molecule has 0 fully saturated rings. The molecule has 84 valence electrons. The van der Waals surface area contributed by atoms with Crippen LogP contribution in [0.4, 0.5) is 5.69 Å². The molecule has 0 bridgehead atoms. The Hall–Kier alpha value is -0.590. The number of anilines is 1. The Morgan fingerprint density at radius 1 is 1.40 bits per heavy atom. The normalized spacial score (nSPS) is 13.5. The molecule has 0 saturated heterocycles. The number of nitrogens with one attached hydrogen (secondary N) is 1. The number of hydrogen-bond acceptors (Lipinski definition) is 3. The molecule has 0 aromatic heterocycles. The van der Waals surface area contributed by atoms with E-state index in [1.807, 2.05) is 0 Å². The van der Waals surface area contributed by atoms with Crippen molar-refractivity contribution in [3.8, 4) is 0 Å². The first-order valence-electron chi connectivity index (χ1n) is 4.43. The van der Waals surface area contributed by atoms with Gasteiger partial charge in [0, 0.05) is 16.7 Å². The van der Waals surface area contributed by atoms with Crippen LogP contribution in [0.2, 0.25) is 0 Å². The van der Waals surface area contributed by atoms with Crippen LogP contribution in [0.15, 0.2) is 28.7 Å². The molecule has 0 aliphatic carbocycles. The third-order valence-electron chi connectivity index (χ3n) is 1.97. The summed E-state index contributed by atoms with van der Waals surface area (Å²) in [6, 6.07) is 6.91. The summed E-state index contributed by atoms with van der Waals surface area (Å²) in [7, 11) is -3.37. The Bertz CT molecular complexity index is 416. The zero-order valence-electron chi connectivity index (χ0n) is 8.27. The summed E-state index contributed by atoms with van der Waals surface area (Å²) in [6.45, 7) is 1.67. The maximum atomic E-state index is 11.6. The number of halogens is 1. The second-order valence-electron chi connectivity index (χ2n) is 3.20. The minimum atomic E-state index is -3.37. The van der Waals surface area contributed by atoms with Crippen LogP contribution in [0.25, 0.3) is 0 Å². The molecule has 0 amide bonds. The predicted octanol–water partition coefficient (Wildman–Crippen LogP) is 1.54. The van der Waals surface area contributed by atoms with Gasteiger partial charge in [0.25, 0.3) is 0 Å². The van der Waals surface area contributed by atoms with Gasteiger partial charge in [0.15, 0.2) is 0 Å². The number of rotatable bonds is 4. The van der Waals surface area contributed by atoms with Crippen molar-refractivity contribution in [1.82, 2.24) is 0 Å². The van der Waals surface area contributed by atoms with Gasteiger partial charge >= 0.3 is 0 Å². The third kappa shape index (κ3) is 3.48. The fourth-order valence-corrected chi connectivity index (χ4v) is 2.09. The fraction of sp³-hybridized carbons (Fsp3) is 0.333. The van der Waals surface area contributed by atoms with Crippen molar-refractivity contribution in [3.63, 3.8) is 0 Å². The van der Waals surface area contributed by atoms with Gasteiger partial charge in [-0.1, -0.05) is 15.9 Å². The fourth-order valence-electron chi connectivity index (χ4n) is 0.909. The first kappa shape index (κ1) is 12.5.